The third kappa shape index (κ3) is 3.26. The lowest BCUT2D eigenvalue weighted by molar-refractivity contribution is -0.122. The molecule has 0 spiro atoms. The number of aryl methyl sites for hydroxylation is 1. The largest absolute Gasteiger partial charge is 0.349 e. The van der Waals surface area contributed by atoms with Crippen molar-refractivity contribution in [2.24, 2.45) is 0 Å². The minimum absolute atomic E-state index is 0.183. The molecular formula is C22H27N3O. The van der Waals surface area contributed by atoms with E-state index in [-0.39, 0.29) is 11.4 Å². The molecule has 4 rings (SSSR count). The molecule has 2 fully saturated rings. The number of hydrogen-bond donors (Lipinski definition) is 1. The molecule has 2 aliphatic heterocycles. The number of rotatable bonds is 3. The van der Waals surface area contributed by atoms with Crippen molar-refractivity contribution >= 4 is 5.91 Å². The summed E-state index contributed by atoms with van der Waals surface area (Å²) in [5, 5.41) is 3.34. The Morgan fingerprint density at radius 1 is 1.19 bits per heavy atom. The molecule has 2 aliphatic rings. The summed E-state index contributed by atoms with van der Waals surface area (Å²) in [5.41, 5.74) is 3.29. The zero-order chi connectivity index (χ0) is 18.1. The van der Waals surface area contributed by atoms with E-state index in [0.29, 0.717) is 18.5 Å². The molecule has 0 saturated carbocycles. The van der Waals surface area contributed by atoms with Crippen LogP contribution in [0.15, 0.2) is 48.5 Å². The SMILES string of the molecule is Cc1cccc(CN2[C@H]3CCCC(=O)N[C@@]3(C)C[C@H]2c2ccccc2)n1. The fourth-order valence-corrected chi connectivity index (χ4v) is 4.77. The maximum Gasteiger partial charge on any atom is 0.220 e. The first-order valence-corrected chi connectivity index (χ1v) is 9.59. The topological polar surface area (TPSA) is 45.2 Å². The highest BCUT2D eigenvalue weighted by Gasteiger charge is 2.50. The second-order valence-electron chi connectivity index (χ2n) is 7.95. The van der Waals surface area contributed by atoms with Gasteiger partial charge in [0, 0.05) is 30.7 Å². The van der Waals surface area contributed by atoms with Crippen LogP contribution >= 0.6 is 0 Å². The summed E-state index contributed by atoms with van der Waals surface area (Å²) < 4.78 is 0. The lowest BCUT2D eigenvalue weighted by Crippen LogP contribution is -2.52. The Hall–Kier alpha value is -2.20. The van der Waals surface area contributed by atoms with Crippen molar-refractivity contribution in [1.29, 1.82) is 0 Å². The number of carbonyl (C=O) groups excluding carboxylic acids is 1. The van der Waals surface area contributed by atoms with Crippen LogP contribution in [0, 0.1) is 6.92 Å². The molecule has 4 heteroatoms. The minimum atomic E-state index is -0.183. The van der Waals surface area contributed by atoms with Crippen molar-refractivity contribution in [3.63, 3.8) is 0 Å². The van der Waals surface area contributed by atoms with Crippen LogP contribution in [-0.4, -0.2) is 27.4 Å². The van der Waals surface area contributed by atoms with Crippen LogP contribution < -0.4 is 5.32 Å². The number of benzene rings is 1. The predicted octanol–water partition coefficient (Wildman–Crippen LogP) is 3.76. The molecular weight excluding hydrogens is 322 g/mol. The Balaban J connectivity index is 1.71. The standard InChI is InChI=1S/C22H27N3O/c1-16-8-6-11-18(23-16)15-25-19(17-9-4-3-5-10-17)14-22(2)20(25)12-7-13-21(26)24-22/h3-6,8-11,19-20H,7,12-15H2,1-2H3,(H,24,26)/t19-,20-,22-/m0/s1. The van der Waals surface area contributed by atoms with Gasteiger partial charge in [0.15, 0.2) is 0 Å². The molecule has 3 heterocycles. The van der Waals surface area contributed by atoms with Gasteiger partial charge in [-0.15, -0.1) is 0 Å². The minimum Gasteiger partial charge on any atom is -0.349 e. The van der Waals surface area contributed by atoms with Crippen LogP contribution in [0.1, 0.15) is 55.6 Å². The number of pyridine rings is 1. The van der Waals surface area contributed by atoms with Gasteiger partial charge >= 0.3 is 0 Å². The maximum absolute atomic E-state index is 12.2. The Morgan fingerprint density at radius 2 is 2.00 bits per heavy atom. The van der Waals surface area contributed by atoms with E-state index in [9.17, 15) is 4.79 Å². The van der Waals surface area contributed by atoms with E-state index >= 15 is 0 Å². The summed E-state index contributed by atoms with van der Waals surface area (Å²) in [6, 6.07) is 17.5. The van der Waals surface area contributed by atoms with Gasteiger partial charge < -0.3 is 5.32 Å². The van der Waals surface area contributed by atoms with E-state index in [1.807, 2.05) is 13.0 Å². The first-order chi connectivity index (χ1) is 12.5. The molecule has 0 bridgehead atoms. The number of nitrogens with one attached hydrogen (secondary N) is 1. The van der Waals surface area contributed by atoms with Crippen LogP contribution in [-0.2, 0) is 11.3 Å². The maximum atomic E-state index is 12.2. The zero-order valence-corrected chi connectivity index (χ0v) is 15.6. The van der Waals surface area contributed by atoms with Gasteiger partial charge in [-0.2, -0.15) is 0 Å². The quantitative estimate of drug-likeness (QED) is 0.917. The van der Waals surface area contributed by atoms with Gasteiger partial charge in [-0.1, -0.05) is 36.4 Å². The number of hydrogen-bond acceptors (Lipinski definition) is 3. The molecule has 0 aliphatic carbocycles. The summed E-state index contributed by atoms with van der Waals surface area (Å²) in [4.78, 5) is 19.5. The van der Waals surface area contributed by atoms with Crippen LogP contribution in [0.3, 0.4) is 0 Å². The lowest BCUT2D eigenvalue weighted by Gasteiger charge is -2.35. The Bertz CT molecular complexity index is 791. The second kappa shape index (κ2) is 6.84. The van der Waals surface area contributed by atoms with E-state index in [1.165, 1.54) is 5.56 Å². The molecule has 26 heavy (non-hydrogen) atoms. The van der Waals surface area contributed by atoms with E-state index < -0.39 is 0 Å². The van der Waals surface area contributed by atoms with Gasteiger partial charge in [-0.05, 0) is 50.8 Å². The summed E-state index contributed by atoms with van der Waals surface area (Å²) in [6.45, 7) is 5.08. The Kier molecular flexibility index (Phi) is 4.53. The molecule has 1 amide bonds. The number of fused-ring (bicyclic) bond motifs is 1. The van der Waals surface area contributed by atoms with Crippen molar-refractivity contribution in [3.05, 3.63) is 65.5 Å². The average Bonchev–Trinajstić information content (AvgIpc) is 2.78. The van der Waals surface area contributed by atoms with Crippen LogP contribution in [0.5, 0.6) is 0 Å². The van der Waals surface area contributed by atoms with Gasteiger partial charge in [0.05, 0.1) is 11.2 Å². The van der Waals surface area contributed by atoms with Gasteiger partial charge in [0.2, 0.25) is 5.91 Å². The molecule has 4 nitrogen and oxygen atoms in total. The van der Waals surface area contributed by atoms with Crippen LogP contribution in [0.2, 0.25) is 0 Å². The normalized spacial score (nSPS) is 29.1. The molecule has 1 aromatic carbocycles. The number of amides is 1. The average molecular weight is 349 g/mol. The van der Waals surface area contributed by atoms with Crippen LogP contribution in [0.25, 0.3) is 0 Å². The highest BCUT2D eigenvalue weighted by molar-refractivity contribution is 5.77. The molecule has 2 saturated heterocycles. The summed E-state index contributed by atoms with van der Waals surface area (Å²) in [7, 11) is 0. The highest BCUT2D eigenvalue weighted by Crippen LogP contribution is 2.45. The van der Waals surface area contributed by atoms with Crippen molar-refractivity contribution in [1.82, 2.24) is 15.2 Å². The van der Waals surface area contributed by atoms with Crippen molar-refractivity contribution in [2.45, 2.75) is 63.7 Å². The fraction of sp³-hybridized carbons (Fsp3) is 0.455. The van der Waals surface area contributed by atoms with Gasteiger partial charge in [-0.25, -0.2) is 0 Å². The first-order valence-electron chi connectivity index (χ1n) is 9.59. The van der Waals surface area contributed by atoms with E-state index in [1.54, 1.807) is 0 Å². The zero-order valence-electron chi connectivity index (χ0n) is 15.6. The number of likely N-dealkylation sites (tertiary alicyclic amines) is 1. The molecule has 0 unspecified atom stereocenters. The fourth-order valence-electron chi connectivity index (χ4n) is 4.77. The van der Waals surface area contributed by atoms with E-state index in [2.05, 4.69) is 59.6 Å². The number of carbonyl (C=O) groups is 1. The number of nitrogens with zero attached hydrogens (tertiary/aromatic N) is 2. The van der Waals surface area contributed by atoms with Crippen molar-refractivity contribution < 1.29 is 4.79 Å². The second-order valence-corrected chi connectivity index (χ2v) is 7.95. The molecule has 1 aromatic heterocycles. The molecule has 0 radical (unpaired) electrons. The van der Waals surface area contributed by atoms with Crippen molar-refractivity contribution in [2.75, 3.05) is 0 Å². The highest BCUT2D eigenvalue weighted by atomic mass is 16.1. The first kappa shape index (κ1) is 17.2. The molecule has 2 aromatic rings. The van der Waals surface area contributed by atoms with Gasteiger partial charge in [-0.3, -0.25) is 14.7 Å². The Morgan fingerprint density at radius 3 is 2.77 bits per heavy atom. The summed E-state index contributed by atoms with van der Waals surface area (Å²) in [6.07, 6.45) is 3.58. The van der Waals surface area contributed by atoms with Gasteiger partial charge in [0.1, 0.15) is 0 Å². The van der Waals surface area contributed by atoms with E-state index in [0.717, 1.165) is 37.2 Å². The smallest absolute Gasteiger partial charge is 0.220 e. The third-order valence-corrected chi connectivity index (χ3v) is 5.93. The predicted molar refractivity (Wildman–Crippen MR) is 103 cm³/mol. The van der Waals surface area contributed by atoms with Gasteiger partial charge in [0.25, 0.3) is 0 Å². The number of aromatic nitrogens is 1. The molecule has 3 atom stereocenters. The van der Waals surface area contributed by atoms with Crippen LogP contribution in [0.4, 0.5) is 0 Å². The monoisotopic (exact) mass is 349 g/mol. The lowest BCUT2D eigenvalue weighted by atomic mass is 9.88. The molecule has 136 valence electrons. The summed E-state index contributed by atoms with van der Waals surface area (Å²) in [5.74, 6) is 0.192. The van der Waals surface area contributed by atoms with Crippen molar-refractivity contribution in [3.8, 4) is 0 Å². The molecule has 1 N–H and O–H groups in total. The third-order valence-electron chi connectivity index (χ3n) is 5.93. The van der Waals surface area contributed by atoms with E-state index in [4.69, 9.17) is 4.98 Å². The Labute approximate surface area is 155 Å². The summed E-state index contributed by atoms with van der Waals surface area (Å²) >= 11 is 0.